The predicted molar refractivity (Wildman–Crippen MR) is 103 cm³/mol. The largest absolute Gasteiger partial charge is 0.492 e. The number of hydrogen-bond donors (Lipinski definition) is 2. The molecule has 0 aromatic heterocycles. The van der Waals surface area contributed by atoms with Crippen LogP contribution in [0.4, 0.5) is 15.8 Å². The van der Waals surface area contributed by atoms with E-state index >= 15 is 0 Å². The normalized spacial score (nSPS) is 10.5. The first-order valence-corrected chi connectivity index (χ1v) is 8.74. The van der Waals surface area contributed by atoms with E-state index in [9.17, 15) is 14.0 Å². The molecule has 0 bridgehead atoms. The summed E-state index contributed by atoms with van der Waals surface area (Å²) in [5.41, 5.74) is 1.33. The molecule has 2 aromatic carbocycles. The molecule has 6 nitrogen and oxygen atoms in total. The summed E-state index contributed by atoms with van der Waals surface area (Å²) in [4.78, 5) is 25.1. The number of halogens is 1. The maximum Gasteiger partial charge on any atom is 0.238 e. The van der Waals surface area contributed by atoms with Crippen LogP contribution in [0.1, 0.15) is 13.8 Å². The van der Waals surface area contributed by atoms with Gasteiger partial charge in [0.15, 0.2) is 0 Å². The van der Waals surface area contributed by atoms with E-state index in [1.165, 1.54) is 19.1 Å². The standard InChI is InChI=1S/C20H24FN3O3/c1-3-24(11-12-27-19-6-4-5-16(21)13-19)14-20(26)23-18-9-7-17(8-10-18)22-15(2)25/h4-10,13H,3,11-12,14H2,1-2H3,(H,22,25)(H,23,26). The fraction of sp³-hybridized carbons (Fsp3) is 0.300. The number of hydrogen-bond acceptors (Lipinski definition) is 4. The summed E-state index contributed by atoms with van der Waals surface area (Å²) < 4.78 is 18.6. The Balaban J connectivity index is 1.77. The SMILES string of the molecule is CCN(CCOc1cccc(F)c1)CC(=O)Nc1ccc(NC(C)=O)cc1. The van der Waals surface area contributed by atoms with E-state index in [0.717, 1.165) is 0 Å². The van der Waals surface area contributed by atoms with E-state index in [0.29, 0.717) is 36.8 Å². The van der Waals surface area contributed by atoms with E-state index in [4.69, 9.17) is 4.74 Å². The summed E-state index contributed by atoms with van der Waals surface area (Å²) >= 11 is 0. The minimum absolute atomic E-state index is 0.144. The Morgan fingerprint density at radius 1 is 1.07 bits per heavy atom. The third-order valence-corrected chi connectivity index (χ3v) is 3.78. The zero-order valence-electron chi connectivity index (χ0n) is 15.5. The Labute approximate surface area is 158 Å². The van der Waals surface area contributed by atoms with Crippen LogP contribution < -0.4 is 15.4 Å². The number of amides is 2. The van der Waals surface area contributed by atoms with Crippen LogP contribution in [0, 0.1) is 5.82 Å². The van der Waals surface area contributed by atoms with Gasteiger partial charge in [-0.15, -0.1) is 0 Å². The summed E-state index contributed by atoms with van der Waals surface area (Å²) in [6.45, 7) is 5.19. The molecule has 0 fully saturated rings. The zero-order valence-corrected chi connectivity index (χ0v) is 15.5. The average molecular weight is 373 g/mol. The van der Waals surface area contributed by atoms with Crippen LogP contribution in [0.25, 0.3) is 0 Å². The molecule has 2 rings (SSSR count). The van der Waals surface area contributed by atoms with Gasteiger partial charge in [-0.25, -0.2) is 4.39 Å². The zero-order chi connectivity index (χ0) is 19.6. The van der Waals surface area contributed by atoms with Gasteiger partial charge in [-0.2, -0.15) is 0 Å². The molecule has 27 heavy (non-hydrogen) atoms. The average Bonchev–Trinajstić information content (AvgIpc) is 2.62. The molecule has 0 aliphatic rings. The molecule has 2 aromatic rings. The maximum atomic E-state index is 13.1. The van der Waals surface area contributed by atoms with Gasteiger partial charge in [-0.3, -0.25) is 14.5 Å². The lowest BCUT2D eigenvalue weighted by Gasteiger charge is -2.20. The topological polar surface area (TPSA) is 70.7 Å². The number of carbonyl (C=O) groups excluding carboxylic acids is 2. The number of likely N-dealkylation sites (N-methyl/N-ethyl adjacent to an activating group) is 1. The van der Waals surface area contributed by atoms with E-state index < -0.39 is 0 Å². The smallest absolute Gasteiger partial charge is 0.238 e. The minimum atomic E-state index is -0.344. The van der Waals surface area contributed by atoms with Crippen molar-refractivity contribution in [2.45, 2.75) is 13.8 Å². The molecular formula is C20H24FN3O3. The highest BCUT2D eigenvalue weighted by molar-refractivity contribution is 5.93. The van der Waals surface area contributed by atoms with Gasteiger partial charge in [0.1, 0.15) is 18.2 Å². The maximum absolute atomic E-state index is 13.1. The molecule has 0 aliphatic heterocycles. The number of nitrogens with zero attached hydrogens (tertiary/aromatic N) is 1. The molecule has 0 saturated heterocycles. The van der Waals surface area contributed by atoms with Crippen molar-refractivity contribution < 1.29 is 18.7 Å². The molecule has 0 saturated carbocycles. The van der Waals surface area contributed by atoms with Gasteiger partial charge in [0.05, 0.1) is 6.54 Å². The van der Waals surface area contributed by atoms with Crippen molar-refractivity contribution in [1.29, 1.82) is 0 Å². The van der Waals surface area contributed by atoms with Gasteiger partial charge >= 0.3 is 0 Å². The van der Waals surface area contributed by atoms with Crippen LogP contribution in [0.15, 0.2) is 48.5 Å². The van der Waals surface area contributed by atoms with Crippen molar-refractivity contribution in [3.63, 3.8) is 0 Å². The lowest BCUT2D eigenvalue weighted by molar-refractivity contribution is -0.117. The lowest BCUT2D eigenvalue weighted by atomic mass is 10.2. The fourth-order valence-corrected chi connectivity index (χ4v) is 2.44. The van der Waals surface area contributed by atoms with Gasteiger partial charge in [0.2, 0.25) is 11.8 Å². The van der Waals surface area contributed by atoms with E-state index in [1.54, 1.807) is 36.4 Å². The van der Waals surface area contributed by atoms with Gasteiger partial charge in [0, 0.05) is 30.9 Å². The third-order valence-electron chi connectivity index (χ3n) is 3.78. The van der Waals surface area contributed by atoms with Crippen molar-refractivity contribution in [2.75, 3.05) is 36.9 Å². The van der Waals surface area contributed by atoms with Crippen molar-refractivity contribution in [2.24, 2.45) is 0 Å². The summed E-state index contributed by atoms with van der Waals surface area (Å²) in [6.07, 6.45) is 0. The first kappa shape index (κ1) is 20.4. The van der Waals surface area contributed by atoms with Crippen LogP contribution in [-0.4, -0.2) is 43.0 Å². The number of anilines is 2. The Hall–Kier alpha value is -2.93. The Morgan fingerprint density at radius 3 is 2.33 bits per heavy atom. The van der Waals surface area contributed by atoms with Crippen LogP contribution in [-0.2, 0) is 9.59 Å². The van der Waals surface area contributed by atoms with Crippen LogP contribution >= 0.6 is 0 Å². The highest BCUT2D eigenvalue weighted by atomic mass is 19.1. The summed E-state index contributed by atoms with van der Waals surface area (Å²) in [6, 6.07) is 12.9. The molecule has 0 heterocycles. The van der Waals surface area contributed by atoms with E-state index in [-0.39, 0.29) is 24.2 Å². The molecule has 0 unspecified atom stereocenters. The summed E-state index contributed by atoms with van der Waals surface area (Å²) in [5, 5.41) is 5.49. The van der Waals surface area contributed by atoms with Crippen LogP contribution in [0.3, 0.4) is 0 Å². The van der Waals surface area contributed by atoms with Crippen molar-refractivity contribution in [3.8, 4) is 5.75 Å². The number of nitrogens with one attached hydrogen (secondary N) is 2. The summed E-state index contributed by atoms with van der Waals surface area (Å²) in [5.74, 6) is -0.167. The van der Waals surface area contributed by atoms with E-state index in [1.807, 2.05) is 11.8 Å². The number of carbonyl (C=O) groups is 2. The second-order valence-corrected chi connectivity index (χ2v) is 5.98. The first-order chi connectivity index (χ1) is 13.0. The van der Waals surface area contributed by atoms with Crippen LogP contribution in [0.5, 0.6) is 5.75 Å². The van der Waals surface area contributed by atoms with Gasteiger partial charge in [-0.1, -0.05) is 13.0 Å². The first-order valence-electron chi connectivity index (χ1n) is 8.74. The minimum Gasteiger partial charge on any atom is -0.492 e. The highest BCUT2D eigenvalue weighted by Crippen LogP contribution is 2.14. The second kappa shape index (κ2) is 10.3. The quantitative estimate of drug-likeness (QED) is 0.709. The molecule has 0 aliphatic carbocycles. The molecule has 2 N–H and O–H groups in total. The number of rotatable bonds is 9. The lowest BCUT2D eigenvalue weighted by Crippen LogP contribution is -2.35. The van der Waals surface area contributed by atoms with Gasteiger partial charge in [-0.05, 0) is 42.9 Å². The van der Waals surface area contributed by atoms with E-state index in [2.05, 4.69) is 10.6 Å². The Kier molecular flexibility index (Phi) is 7.76. The molecule has 144 valence electrons. The van der Waals surface area contributed by atoms with Gasteiger partial charge < -0.3 is 15.4 Å². The second-order valence-electron chi connectivity index (χ2n) is 5.98. The fourth-order valence-electron chi connectivity index (χ4n) is 2.44. The number of benzene rings is 2. The molecule has 0 atom stereocenters. The molecule has 0 spiro atoms. The predicted octanol–water partition coefficient (Wildman–Crippen LogP) is 3.12. The number of ether oxygens (including phenoxy) is 1. The van der Waals surface area contributed by atoms with Gasteiger partial charge in [0.25, 0.3) is 0 Å². The summed E-state index contributed by atoms with van der Waals surface area (Å²) in [7, 11) is 0. The Bertz CT molecular complexity index is 765. The van der Waals surface area contributed by atoms with Crippen molar-refractivity contribution in [3.05, 3.63) is 54.3 Å². The molecular weight excluding hydrogens is 349 g/mol. The highest BCUT2D eigenvalue weighted by Gasteiger charge is 2.10. The third kappa shape index (κ3) is 7.45. The molecule has 2 amide bonds. The van der Waals surface area contributed by atoms with Crippen molar-refractivity contribution >= 4 is 23.2 Å². The van der Waals surface area contributed by atoms with Crippen LogP contribution in [0.2, 0.25) is 0 Å². The monoisotopic (exact) mass is 373 g/mol. The molecule has 0 radical (unpaired) electrons. The molecule has 7 heteroatoms. The van der Waals surface area contributed by atoms with Crippen molar-refractivity contribution in [1.82, 2.24) is 4.90 Å². The Morgan fingerprint density at radius 2 is 1.74 bits per heavy atom.